The molecule has 0 saturated heterocycles. The van der Waals surface area contributed by atoms with Crippen LogP contribution in [0.15, 0.2) is 52.4 Å². The Kier molecular flexibility index (Phi) is 7.40. The number of aromatic amines is 1. The lowest BCUT2D eigenvalue weighted by atomic mass is 10.1. The summed E-state index contributed by atoms with van der Waals surface area (Å²) < 4.78 is 39.5. The predicted octanol–water partition coefficient (Wildman–Crippen LogP) is 4.24. The van der Waals surface area contributed by atoms with Crippen LogP contribution in [0.25, 0.3) is 11.3 Å². The first-order chi connectivity index (χ1) is 16.0. The number of thioether (sulfide) groups is 1. The summed E-state index contributed by atoms with van der Waals surface area (Å²) in [7, 11) is 0. The van der Waals surface area contributed by atoms with Crippen LogP contribution in [0.1, 0.15) is 25.0 Å². The number of nitrogens with one attached hydrogen (secondary N) is 3. The molecule has 178 valence electrons. The molecule has 1 unspecified atom stereocenters. The number of nitrogens with zero attached hydrogens (tertiary/aromatic N) is 2. The maximum atomic E-state index is 13.2. The lowest BCUT2D eigenvalue weighted by Gasteiger charge is -2.16. The Labute approximate surface area is 196 Å². The molecule has 0 aliphatic carbocycles. The van der Waals surface area contributed by atoms with Gasteiger partial charge in [-0.1, -0.05) is 35.5 Å². The highest BCUT2D eigenvalue weighted by molar-refractivity contribution is 8.00. The second-order valence-electron chi connectivity index (χ2n) is 7.33. The van der Waals surface area contributed by atoms with Gasteiger partial charge in [0.15, 0.2) is 10.9 Å². The molecule has 3 rings (SSSR count). The molecule has 0 spiro atoms. The number of amides is 2. The van der Waals surface area contributed by atoms with E-state index >= 15 is 0 Å². The molecule has 0 saturated carbocycles. The fraction of sp³-hybridized carbons (Fsp3) is 0.227. The van der Waals surface area contributed by atoms with E-state index in [0.29, 0.717) is 11.3 Å². The summed E-state index contributed by atoms with van der Waals surface area (Å²) in [4.78, 5) is 39.1. The van der Waals surface area contributed by atoms with Crippen molar-refractivity contribution in [2.24, 2.45) is 0 Å². The summed E-state index contributed by atoms with van der Waals surface area (Å²) in [6.07, 6.45) is -4.63. The second-order valence-corrected chi connectivity index (χ2v) is 8.66. The molecule has 1 atom stereocenters. The first-order valence-electron chi connectivity index (χ1n) is 9.95. The Bertz CT molecular complexity index is 1290. The number of halogens is 3. The minimum Gasteiger partial charge on any atom is -0.326 e. The number of hydrogen-bond acceptors (Lipinski definition) is 6. The topological polar surface area (TPSA) is 117 Å². The van der Waals surface area contributed by atoms with Gasteiger partial charge >= 0.3 is 6.18 Å². The van der Waals surface area contributed by atoms with Gasteiger partial charge in [0.2, 0.25) is 11.8 Å². The molecule has 1 aromatic heterocycles. The number of anilines is 2. The highest BCUT2D eigenvalue weighted by Crippen LogP contribution is 2.35. The summed E-state index contributed by atoms with van der Waals surface area (Å²) in [5.74, 6) is -1.03. The predicted molar refractivity (Wildman–Crippen MR) is 123 cm³/mol. The monoisotopic (exact) mass is 491 g/mol. The van der Waals surface area contributed by atoms with Crippen LogP contribution in [-0.4, -0.2) is 32.2 Å². The van der Waals surface area contributed by atoms with Crippen molar-refractivity contribution >= 4 is 35.0 Å². The maximum Gasteiger partial charge on any atom is 0.418 e. The number of hydrogen-bond donors (Lipinski definition) is 3. The average molecular weight is 491 g/mol. The van der Waals surface area contributed by atoms with E-state index in [1.807, 2.05) is 6.92 Å². The van der Waals surface area contributed by atoms with Crippen molar-refractivity contribution in [2.75, 3.05) is 10.6 Å². The van der Waals surface area contributed by atoms with E-state index < -0.39 is 28.5 Å². The zero-order valence-electron chi connectivity index (χ0n) is 18.3. The lowest BCUT2D eigenvalue weighted by Crippen LogP contribution is -2.25. The average Bonchev–Trinajstić information content (AvgIpc) is 2.74. The summed E-state index contributed by atoms with van der Waals surface area (Å²) >= 11 is 0.828. The number of rotatable bonds is 6. The number of alkyl halides is 3. The van der Waals surface area contributed by atoms with Gasteiger partial charge in [-0.25, -0.2) is 0 Å². The van der Waals surface area contributed by atoms with E-state index in [1.54, 1.807) is 18.2 Å². The number of carbonyl (C=O) groups is 2. The Morgan fingerprint density at radius 2 is 1.76 bits per heavy atom. The molecule has 3 N–H and O–H groups in total. The highest BCUT2D eigenvalue weighted by atomic mass is 32.2. The first-order valence-corrected chi connectivity index (χ1v) is 10.8. The van der Waals surface area contributed by atoms with Gasteiger partial charge in [-0.3, -0.25) is 19.4 Å². The molecule has 0 aliphatic rings. The van der Waals surface area contributed by atoms with E-state index in [2.05, 4.69) is 25.8 Å². The molecule has 3 aromatic rings. The number of aromatic nitrogens is 3. The van der Waals surface area contributed by atoms with Gasteiger partial charge in [-0.15, -0.1) is 10.2 Å². The molecule has 0 aliphatic heterocycles. The van der Waals surface area contributed by atoms with Crippen molar-refractivity contribution in [3.8, 4) is 11.3 Å². The fourth-order valence-corrected chi connectivity index (χ4v) is 3.74. The van der Waals surface area contributed by atoms with Crippen molar-refractivity contribution in [2.45, 2.75) is 37.4 Å². The minimum atomic E-state index is -4.63. The number of carbonyl (C=O) groups excluding carboxylic acids is 2. The van der Waals surface area contributed by atoms with Gasteiger partial charge in [0.05, 0.1) is 22.2 Å². The SMILES string of the molecule is CC(=O)Nc1ccc(C)cc1-c1nnc(SC(C)C(=O)Nc2ccccc2C(F)(F)F)[nH]c1=O. The highest BCUT2D eigenvalue weighted by Gasteiger charge is 2.34. The Morgan fingerprint density at radius 3 is 2.41 bits per heavy atom. The maximum absolute atomic E-state index is 13.2. The molecular formula is C22H20F3N5O3S. The summed E-state index contributed by atoms with van der Waals surface area (Å²) in [6, 6.07) is 9.71. The van der Waals surface area contributed by atoms with Crippen LogP contribution < -0.4 is 16.2 Å². The van der Waals surface area contributed by atoms with Crippen LogP contribution >= 0.6 is 11.8 Å². The van der Waals surface area contributed by atoms with Gasteiger partial charge in [-0.05, 0) is 38.1 Å². The second kappa shape index (κ2) is 10.1. The van der Waals surface area contributed by atoms with E-state index in [0.717, 1.165) is 29.5 Å². The van der Waals surface area contributed by atoms with E-state index in [9.17, 15) is 27.6 Å². The van der Waals surface area contributed by atoms with Crippen molar-refractivity contribution in [1.82, 2.24) is 15.2 Å². The number of H-pyrrole nitrogens is 1. The molecule has 0 bridgehead atoms. The molecule has 8 nitrogen and oxygen atoms in total. The standard InChI is InChI=1S/C22H20F3N5O3S/c1-11-8-9-16(26-13(3)31)14(10-11)18-20(33)28-21(30-29-18)34-12(2)19(32)27-17-7-5-4-6-15(17)22(23,24)25/h4-10,12H,1-3H3,(H,26,31)(H,27,32)(H,28,30,33). The molecule has 2 aromatic carbocycles. The molecule has 0 radical (unpaired) electrons. The van der Waals surface area contributed by atoms with Crippen LogP contribution in [0.2, 0.25) is 0 Å². The zero-order valence-corrected chi connectivity index (χ0v) is 19.1. The number of aryl methyl sites for hydroxylation is 1. The Hall–Kier alpha value is -3.67. The van der Waals surface area contributed by atoms with Crippen molar-refractivity contribution in [3.63, 3.8) is 0 Å². The Balaban J connectivity index is 1.79. The third-order valence-electron chi connectivity index (χ3n) is 4.57. The van der Waals surface area contributed by atoms with Gasteiger partial charge < -0.3 is 10.6 Å². The minimum absolute atomic E-state index is 0.00855. The van der Waals surface area contributed by atoms with Crippen LogP contribution in [0.3, 0.4) is 0 Å². The molecule has 0 fully saturated rings. The quantitative estimate of drug-likeness (QED) is 0.444. The zero-order chi connectivity index (χ0) is 25.0. The largest absolute Gasteiger partial charge is 0.418 e. The molecular weight excluding hydrogens is 471 g/mol. The smallest absolute Gasteiger partial charge is 0.326 e. The molecule has 1 heterocycles. The summed E-state index contributed by atoms with van der Waals surface area (Å²) in [6.45, 7) is 4.60. The molecule has 12 heteroatoms. The van der Waals surface area contributed by atoms with Crippen molar-refractivity contribution in [1.29, 1.82) is 0 Å². The van der Waals surface area contributed by atoms with Crippen molar-refractivity contribution < 1.29 is 22.8 Å². The van der Waals surface area contributed by atoms with Gasteiger partial charge in [0.25, 0.3) is 5.56 Å². The fourth-order valence-electron chi connectivity index (χ4n) is 3.00. The first kappa shape index (κ1) is 25.0. The van der Waals surface area contributed by atoms with Crippen LogP contribution in [0.5, 0.6) is 0 Å². The van der Waals surface area contributed by atoms with Crippen molar-refractivity contribution in [3.05, 3.63) is 63.9 Å². The normalized spacial score (nSPS) is 12.2. The van der Waals surface area contributed by atoms with E-state index in [-0.39, 0.29) is 22.4 Å². The third kappa shape index (κ3) is 6.01. The third-order valence-corrected chi connectivity index (χ3v) is 5.54. The van der Waals surface area contributed by atoms with E-state index in [1.165, 1.54) is 26.0 Å². The van der Waals surface area contributed by atoms with Crippen LogP contribution in [-0.2, 0) is 15.8 Å². The summed E-state index contributed by atoms with van der Waals surface area (Å²) in [5.41, 5.74) is -0.395. The van der Waals surface area contributed by atoms with Crippen LogP contribution in [0.4, 0.5) is 24.5 Å². The number of para-hydroxylation sites is 1. The summed E-state index contributed by atoms with van der Waals surface area (Å²) in [5, 5.41) is 11.9. The van der Waals surface area contributed by atoms with Gasteiger partial charge in [0, 0.05) is 12.5 Å². The lowest BCUT2D eigenvalue weighted by molar-refractivity contribution is -0.137. The van der Waals surface area contributed by atoms with Crippen LogP contribution in [0, 0.1) is 6.92 Å². The number of benzene rings is 2. The van der Waals surface area contributed by atoms with E-state index in [4.69, 9.17) is 0 Å². The Morgan fingerprint density at radius 1 is 1.06 bits per heavy atom. The molecule has 2 amide bonds. The van der Waals surface area contributed by atoms with Gasteiger partial charge in [0.1, 0.15) is 0 Å². The molecule has 34 heavy (non-hydrogen) atoms. The van der Waals surface area contributed by atoms with Gasteiger partial charge in [-0.2, -0.15) is 13.2 Å².